The summed E-state index contributed by atoms with van der Waals surface area (Å²) in [5, 5.41) is 0.975. The molecular weight excluding hydrogens is 334 g/mol. The number of hydrogen-bond donors (Lipinski definition) is 0. The average Bonchev–Trinajstić information content (AvgIpc) is 2.64. The van der Waals surface area contributed by atoms with E-state index in [4.69, 9.17) is 4.99 Å². The Bertz CT molecular complexity index is 939. The number of nitrogens with zero attached hydrogens (tertiary/aromatic N) is 1. The maximum absolute atomic E-state index is 4.89. The van der Waals surface area contributed by atoms with Crippen LogP contribution in [-0.4, -0.2) is 5.04 Å². The van der Waals surface area contributed by atoms with Crippen LogP contribution < -0.4 is 0 Å². The fourth-order valence-electron chi connectivity index (χ4n) is 2.55. The molecule has 130 valence electrons. The van der Waals surface area contributed by atoms with E-state index >= 15 is 0 Å². The van der Waals surface area contributed by atoms with Crippen molar-refractivity contribution in [2.75, 3.05) is 0 Å². The molecule has 0 aliphatic carbocycles. The average molecular weight is 358 g/mol. The Morgan fingerprint density at radius 1 is 0.808 bits per heavy atom. The number of rotatable bonds is 4. The molecule has 0 aromatic heterocycles. The maximum atomic E-state index is 4.89. The van der Waals surface area contributed by atoms with Crippen molar-refractivity contribution < 1.29 is 0 Å². The van der Waals surface area contributed by atoms with E-state index in [2.05, 4.69) is 87.5 Å². The lowest BCUT2D eigenvalue weighted by Gasteiger charge is -2.05. The molecule has 3 aromatic rings. The van der Waals surface area contributed by atoms with Crippen LogP contribution in [0.2, 0.25) is 0 Å². The Morgan fingerprint density at radius 2 is 1.62 bits per heavy atom. The molecule has 0 amide bonds. The highest BCUT2D eigenvalue weighted by molar-refractivity contribution is 8.14. The van der Waals surface area contributed by atoms with E-state index in [1.165, 1.54) is 27.1 Å². The summed E-state index contributed by atoms with van der Waals surface area (Å²) in [6, 6.07) is 25.2. The third kappa shape index (κ3) is 5.21. The summed E-state index contributed by atoms with van der Waals surface area (Å²) in [4.78, 5) is 6.09. The summed E-state index contributed by atoms with van der Waals surface area (Å²) < 4.78 is 0. The van der Waals surface area contributed by atoms with Gasteiger partial charge in [0.25, 0.3) is 0 Å². The van der Waals surface area contributed by atoms with Gasteiger partial charge < -0.3 is 0 Å². The van der Waals surface area contributed by atoms with Crippen molar-refractivity contribution >= 4 is 28.6 Å². The van der Waals surface area contributed by atoms with Gasteiger partial charge in [0.1, 0.15) is 5.04 Å². The van der Waals surface area contributed by atoms with Crippen LogP contribution in [0.5, 0.6) is 0 Å². The van der Waals surface area contributed by atoms with Crippen molar-refractivity contribution in [3.63, 3.8) is 0 Å². The predicted molar refractivity (Wildman–Crippen MR) is 116 cm³/mol. The summed E-state index contributed by atoms with van der Waals surface area (Å²) in [5.41, 5.74) is 5.97. The van der Waals surface area contributed by atoms with E-state index in [0.717, 1.165) is 10.7 Å². The molecule has 0 fully saturated rings. The van der Waals surface area contributed by atoms with Crippen molar-refractivity contribution in [1.82, 2.24) is 0 Å². The van der Waals surface area contributed by atoms with E-state index < -0.39 is 0 Å². The van der Waals surface area contributed by atoms with E-state index in [1.54, 1.807) is 11.8 Å². The van der Waals surface area contributed by atoms with Gasteiger partial charge in [0.05, 0.1) is 5.69 Å². The zero-order chi connectivity index (χ0) is 18.4. The van der Waals surface area contributed by atoms with Gasteiger partial charge in [0.15, 0.2) is 0 Å². The second-order valence-electron chi connectivity index (χ2n) is 6.38. The number of benzene rings is 3. The first-order valence-corrected chi connectivity index (χ1v) is 9.55. The Kier molecular flexibility index (Phi) is 6.08. The van der Waals surface area contributed by atoms with Gasteiger partial charge in [-0.2, -0.15) is 0 Å². The molecule has 0 aliphatic rings. The van der Waals surface area contributed by atoms with Crippen LogP contribution in [0.1, 0.15) is 22.3 Å². The molecular formula is C24H23NS. The SMILES string of the molecule is Cc1cccc(SC(C=Cc2ccccc2)=Nc2ccc(C)c(C)c2)c1. The quantitative estimate of drug-likeness (QED) is 0.274. The lowest BCUT2D eigenvalue weighted by molar-refractivity contribution is 1.33. The summed E-state index contributed by atoms with van der Waals surface area (Å²) in [5.74, 6) is 0. The smallest absolute Gasteiger partial charge is 0.101 e. The van der Waals surface area contributed by atoms with Gasteiger partial charge >= 0.3 is 0 Å². The molecule has 0 N–H and O–H groups in total. The lowest BCUT2D eigenvalue weighted by atomic mass is 10.1. The minimum Gasteiger partial charge on any atom is -0.242 e. The first-order valence-electron chi connectivity index (χ1n) is 8.74. The highest BCUT2D eigenvalue weighted by Gasteiger charge is 2.02. The molecule has 0 saturated carbocycles. The van der Waals surface area contributed by atoms with Gasteiger partial charge in [0.2, 0.25) is 0 Å². The van der Waals surface area contributed by atoms with Crippen LogP contribution in [0, 0.1) is 20.8 Å². The van der Waals surface area contributed by atoms with Crippen molar-refractivity contribution in [2.24, 2.45) is 4.99 Å². The monoisotopic (exact) mass is 357 g/mol. The van der Waals surface area contributed by atoms with Crippen molar-refractivity contribution in [2.45, 2.75) is 25.7 Å². The second kappa shape index (κ2) is 8.68. The number of hydrogen-bond acceptors (Lipinski definition) is 2. The second-order valence-corrected chi connectivity index (χ2v) is 7.47. The van der Waals surface area contributed by atoms with Crippen LogP contribution in [0.3, 0.4) is 0 Å². The van der Waals surface area contributed by atoms with Gasteiger partial charge in [-0.15, -0.1) is 0 Å². The predicted octanol–water partition coefficient (Wildman–Crippen LogP) is 7.15. The molecule has 0 bridgehead atoms. The Hall–Kier alpha value is -2.58. The van der Waals surface area contributed by atoms with Crippen LogP contribution in [0.25, 0.3) is 6.08 Å². The van der Waals surface area contributed by atoms with Crippen LogP contribution >= 0.6 is 11.8 Å². The number of thioether (sulfide) groups is 1. The molecule has 0 radical (unpaired) electrons. The molecule has 0 atom stereocenters. The summed E-state index contributed by atoms with van der Waals surface area (Å²) in [6.45, 7) is 6.37. The zero-order valence-electron chi connectivity index (χ0n) is 15.4. The fourth-order valence-corrected chi connectivity index (χ4v) is 3.47. The molecule has 0 saturated heterocycles. The third-order valence-corrected chi connectivity index (χ3v) is 5.09. The molecule has 3 rings (SSSR count). The summed E-state index contributed by atoms with van der Waals surface area (Å²) in [6.07, 6.45) is 4.21. The normalized spacial score (nSPS) is 11.9. The molecule has 1 nitrogen and oxygen atoms in total. The highest BCUT2D eigenvalue weighted by Crippen LogP contribution is 2.26. The molecule has 3 aromatic carbocycles. The van der Waals surface area contributed by atoms with Gasteiger partial charge in [-0.3, -0.25) is 0 Å². The lowest BCUT2D eigenvalue weighted by Crippen LogP contribution is -1.88. The number of aryl methyl sites for hydroxylation is 3. The topological polar surface area (TPSA) is 12.4 Å². The van der Waals surface area contributed by atoms with Crippen molar-refractivity contribution in [1.29, 1.82) is 0 Å². The van der Waals surface area contributed by atoms with Crippen molar-refractivity contribution in [3.8, 4) is 0 Å². The van der Waals surface area contributed by atoms with Crippen molar-refractivity contribution in [3.05, 3.63) is 101 Å². The molecule has 0 aliphatic heterocycles. The Labute approximate surface area is 160 Å². The van der Waals surface area contributed by atoms with Crippen LogP contribution in [0.15, 0.2) is 88.8 Å². The van der Waals surface area contributed by atoms with E-state index in [1.807, 2.05) is 18.2 Å². The third-order valence-electron chi connectivity index (χ3n) is 4.16. The minimum absolute atomic E-state index is 0.975. The molecule has 26 heavy (non-hydrogen) atoms. The van der Waals surface area contributed by atoms with E-state index in [9.17, 15) is 0 Å². The van der Waals surface area contributed by atoms with Gasteiger partial charge in [-0.05, 0) is 67.8 Å². The fraction of sp³-hybridized carbons (Fsp3) is 0.125. The van der Waals surface area contributed by atoms with Gasteiger partial charge in [0, 0.05) is 4.90 Å². The van der Waals surface area contributed by atoms with Gasteiger partial charge in [-0.1, -0.05) is 71.9 Å². The van der Waals surface area contributed by atoms with E-state index in [-0.39, 0.29) is 0 Å². The molecule has 2 heteroatoms. The summed E-state index contributed by atoms with van der Waals surface area (Å²) in [7, 11) is 0. The zero-order valence-corrected chi connectivity index (χ0v) is 16.3. The first kappa shape index (κ1) is 18.2. The largest absolute Gasteiger partial charge is 0.242 e. The maximum Gasteiger partial charge on any atom is 0.101 e. The Morgan fingerprint density at radius 3 is 2.35 bits per heavy atom. The van der Waals surface area contributed by atoms with Crippen LogP contribution in [0.4, 0.5) is 5.69 Å². The molecule has 0 unspecified atom stereocenters. The van der Waals surface area contributed by atoms with E-state index in [0.29, 0.717) is 0 Å². The first-order chi connectivity index (χ1) is 12.6. The Balaban J connectivity index is 1.93. The minimum atomic E-state index is 0.975. The number of aliphatic imine (C=N–C) groups is 1. The summed E-state index contributed by atoms with van der Waals surface area (Å²) >= 11 is 1.69. The standard InChI is InChI=1S/C24H23NS/c1-18-8-7-11-23(16-18)26-24(15-13-21-9-5-4-6-10-21)25-22-14-12-19(2)20(3)17-22/h4-17H,1-3H3. The van der Waals surface area contributed by atoms with Gasteiger partial charge in [-0.25, -0.2) is 4.99 Å². The highest BCUT2D eigenvalue weighted by atomic mass is 32.2. The molecule has 0 spiro atoms. The van der Waals surface area contributed by atoms with Crippen LogP contribution in [-0.2, 0) is 0 Å². The molecule has 0 heterocycles.